The number of hydrogen-bond donors (Lipinski definition) is 1. The molecule has 0 aliphatic carbocycles. The Hall–Kier alpha value is -0.240. The molecule has 1 atom stereocenters. The summed E-state index contributed by atoms with van der Waals surface area (Å²) >= 11 is 12.3. The zero-order valence-corrected chi connectivity index (χ0v) is 12.3. The van der Waals surface area contributed by atoms with Crippen molar-refractivity contribution >= 4 is 23.2 Å². The lowest BCUT2D eigenvalue weighted by Crippen LogP contribution is -2.17. The van der Waals surface area contributed by atoms with Gasteiger partial charge in [0, 0.05) is 6.04 Å². The topological polar surface area (TPSA) is 12.0 Å². The van der Waals surface area contributed by atoms with Gasteiger partial charge < -0.3 is 5.32 Å². The van der Waals surface area contributed by atoms with Crippen LogP contribution in [0.25, 0.3) is 0 Å². The van der Waals surface area contributed by atoms with Crippen LogP contribution in [-0.2, 0) is 0 Å². The maximum atomic E-state index is 6.24. The fraction of sp³-hybridized carbons (Fsp3) is 0.571. The number of benzene rings is 1. The Kier molecular flexibility index (Phi) is 6.32. The van der Waals surface area contributed by atoms with Crippen molar-refractivity contribution in [2.45, 2.75) is 39.2 Å². The molecule has 17 heavy (non-hydrogen) atoms. The number of hydrogen-bond acceptors (Lipinski definition) is 1. The molecule has 1 aromatic carbocycles. The fourth-order valence-corrected chi connectivity index (χ4v) is 2.41. The Balaban J connectivity index is 2.69. The summed E-state index contributed by atoms with van der Waals surface area (Å²) in [7, 11) is 1.97. The summed E-state index contributed by atoms with van der Waals surface area (Å²) in [5.74, 6) is 0.752. The first kappa shape index (κ1) is 14.8. The monoisotopic (exact) mass is 273 g/mol. The number of nitrogens with one attached hydrogen (secondary N) is 1. The van der Waals surface area contributed by atoms with E-state index in [9.17, 15) is 0 Å². The number of rotatable bonds is 6. The van der Waals surface area contributed by atoms with Gasteiger partial charge in [0.25, 0.3) is 0 Å². The van der Waals surface area contributed by atoms with Crippen LogP contribution in [0.3, 0.4) is 0 Å². The van der Waals surface area contributed by atoms with Gasteiger partial charge in [0.05, 0.1) is 10.0 Å². The van der Waals surface area contributed by atoms with E-state index in [1.54, 1.807) is 0 Å². The van der Waals surface area contributed by atoms with Gasteiger partial charge >= 0.3 is 0 Å². The molecule has 1 rings (SSSR count). The van der Waals surface area contributed by atoms with E-state index in [2.05, 4.69) is 19.2 Å². The van der Waals surface area contributed by atoms with E-state index in [4.69, 9.17) is 23.2 Å². The van der Waals surface area contributed by atoms with Crippen LogP contribution in [0.1, 0.15) is 44.7 Å². The van der Waals surface area contributed by atoms with Crippen LogP contribution in [0, 0.1) is 5.92 Å². The van der Waals surface area contributed by atoms with Crippen molar-refractivity contribution in [1.29, 1.82) is 0 Å². The minimum Gasteiger partial charge on any atom is -0.313 e. The predicted molar refractivity (Wildman–Crippen MR) is 77.0 cm³/mol. The van der Waals surface area contributed by atoms with Crippen molar-refractivity contribution in [2.75, 3.05) is 7.05 Å². The molecule has 1 aromatic rings. The smallest absolute Gasteiger partial charge is 0.0640 e. The molecule has 0 saturated heterocycles. The molecular weight excluding hydrogens is 253 g/mol. The largest absolute Gasteiger partial charge is 0.313 e. The van der Waals surface area contributed by atoms with E-state index in [-0.39, 0.29) is 0 Å². The van der Waals surface area contributed by atoms with Crippen LogP contribution in [0.5, 0.6) is 0 Å². The SMILES string of the molecule is CNC(CCCC(C)C)c1cccc(Cl)c1Cl. The maximum Gasteiger partial charge on any atom is 0.0640 e. The molecule has 1 N–H and O–H groups in total. The molecule has 1 unspecified atom stereocenters. The lowest BCUT2D eigenvalue weighted by atomic mass is 9.98. The summed E-state index contributed by atoms with van der Waals surface area (Å²) in [5, 5.41) is 4.63. The Labute approximate surface area is 115 Å². The highest BCUT2D eigenvalue weighted by atomic mass is 35.5. The molecule has 0 spiro atoms. The summed E-state index contributed by atoms with van der Waals surface area (Å²) in [6.07, 6.45) is 3.54. The molecule has 0 heterocycles. The molecular formula is C14H21Cl2N. The molecule has 0 amide bonds. The van der Waals surface area contributed by atoms with Gasteiger partial charge in [-0.1, -0.05) is 62.0 Å². The molecule has 3 heteroatoms. The van der Waals surface area contributed by atoms with Crippen molar-refractivity contribution in [3.63, 3.8) is 0 Å². The summed E-state index contributed by atoms with van der Waals surface area (Å²) in [4.78, 5) is 0. The molecule has 0 bridgehead atoms. The van der Waals surface area contributed by atoms with Crippen LogP contribution in [0.4, 0.5) is 0 Å². The van der Waals surface area contributed by atoms with Crippen molar-refractivity contribution in [2.24, 2.45) is 5.92 Å². The summed E-state index contributed by atoms with van der Waals surface area (Å²) in [5.41, 5.74) is 1.10. The first-order valence-corrected chi connectivity index (χ1v) is 6.93. The van der Waals surface area contributed by atoms with E-state index in [1.807, 2.05) is 25.2 Å². The second-order valence-electron chi connectivity index (χ2n) is 4.81. The molecule has 0 saturated carbocycles. The Bertz CT molecular complexity index is 350. The second-order valence-corrected chi connectivity index (χ2v) is 5.59. The summed E-state index contributed by atoms with van der Waals surface area (Å²) in [6, 6.07) is 6.12. The van der Waals surface area contributed by atoms with Crippen molar-refractivity contribution in [3.05, 3.63) is 33.8 Å². The standard InChI is InChI=1S/C14H21Cl2N/c1-10(2)6-4-9-13(17-3)11-7-5-8-12(15)14(11)16/h5,7-8,10,13,17H,4,6,9H2,1-3H3. The van der Waals surface area contributed by atoms with Gasteiger partial charge in [-0.05, 0) is 31.0 Å². The first-order chi connectivity index (χ1) is 8.06. The lowest BCUT2D eigenvalue weighted by Gasteiger charge is -2.19. The fourth-order valence-electron chi connectivity index (χ4n) is 1.98. The van der Waals surface area contributed by atoms with Gasteiger partial charge in [-0.15, -0.1) is 0 Å². The van der Waals surface area contributed by atoms with Gasteiger partial charge in [-0.3, -0.25) is 0 Å². The average molecular weight is 274 g/mol. The van der Waals surface area contributed by atoms with E-state index in [0.717, 1.165) is 17.9 Å². The van der Waals surface area contributed by atoms with E-state index < -0.39 is 0 Å². The Morgan fingerprint density at radius 3 is 2.47 bits per heavy atom. The van der Waals surface area contributed by atoms with Crippen LogP contribution in [0.2, 0.25) is 10.0 Å². The minimum absolute atomic E-state index is 0.292. The van der Waals surface area contributed by atoms with E-state index in [1.165, 1.54) is 12.8 Å². The van der Waals surface area contributed by atoms with Gasteiger partial charge in [-0.25, -0.2) is 0 Å². The minimum atomic E-state index is 0.292. The van der Waals surface area contributed by atoms with E-state index >= 15 is 0 Å². The Morgan fingerprint density at radius 1 is 1.18 bits per heavy atom. The highest BCUT2D eigenvalue weighted by Gasteiger charge is 2.14. The van der Waals surface area contributed by atoms with Gasteiger partial charge in [0.2, 0.25) is 0 Å². The molecule has 96 valence electrons. The van der Waals surface area contributed by atoms with Gasteiger partial charge in [0.15, 0.2) is 0 Å². The molecule has 0 aliphatic heterocycles. The lowest BCUT2D eigenvalue weighted by molar-refractivity contribution is 0.470. The zero-order valence-electron chi connectivity index (χ0n) is 10.8. The first-order valence-electron chi connectivity index (χ1n) is 6.17. The van der Waals surface area contributed by atoms with Gasteiger partial charge in [0.1, 0.15) is 0 Å². The highest BCUT2D eigenvalue weighted by Crippen LogP contribution is 2.32. The number of halogens is 2. The van der Waals surface area contributed by atoms with Crippen LogP contribution < -0.4 is 5.32 Å². The zero-order chi connectivity index (χ0) is 12.8. The third kappa shape index (κ3) is 4.50. The second kappa shape index (κ2) is 7.25. The third-order valence-corrected chi connectivity index (χ3v) is 3.81. The molecule has 0 fully saturated rings. The molecule has 0 radical (unpaired) electrons. The van der Waals surface area contributed by atoms with Crippen LogP contribution >= 0.6 is 23.2 Å². The van der Waals surface area contributed by atoms with Crippen molar-refractivity contribution in [3.8, 4) is 0 Å². The van der Waals surface area contributed by atoms with Crippen LogP contribution in [0.15, 0.2) is 18.2 Å². The van der Waals surface area contributed by atoms with Crippen molar-refractivity contribution < 1.29 is 0 Å². The van der Waals surface area contributed by atoms with Gasteiger partial charge in [-0.2, -0.15) is 0 Å². The molecule has 1 nitrogen and oxygen atoms in total. The normalized spacial score (nSPS) is 13.1. The van der Waals surface area contributed by atoms with Crippen molar-refractivity contribution in [1.82, 2.24) is 5.32 Å². The van der Waals surface area contributed by atoms with Crippen LogP contribution in [-0.4, -0.2) is 7.05 Å². The quantitative estimate of drug-likeness (QED) is 0.762. The average Bonchev–Trinajstić information content (AvgIpc) is 2.28. The Morgan fingerprint density at radius 2 is 1.88 bits per heavy atom. The third-order valence-electron chi connectivity index (χ3n) is 2.98. The van der Waals surface area contributed by atoms with E-state index in [0.29, 0.717) is 16.1 Å². The highest BCUT2D eigenvalue weighted by molar-refractivity contribution is 6.42. The maximum absolute atomic E-state index is 6.24. The molecule has 0 aromatic heterocycles. The predicted octanol–water partition coefficient (Wildman–Crippen LogP) is 5.08. The summed E-state index contributed by atoms with van der Waals surface area (Å²) < 4.78 is 0. The molecule has 0 aliphatic rings. The summed E-state index contributed by atoms with van der Waals surface area (Å²) in [6.45, 7) is 4.50.